The Morgan fingerprint density at radius 3 is 2.68 bits per heavy atom. The van der Waals surface area contributed by atoms with Crippen molar-refractivity contribution < 1.29 is 4.79 Å². The number of carbonyl (C=O) groups is 1. The van der Waals surface area contributed by atoms with Crippen LogP contribution in [0.25, 0.3) is 0 Å². The third kappa shape index (κ3) is 6.70. The van der Waals surface area contributed by atoms with Crippen LogP contribution in [0.1, 0.15) is 36.5 Å². The van der Waals surface area contributed by atoms with E-state index in [2.05, 4.69) is 43.1 Å². The number of allylic oxidation sites excluding steroid dienone is 2. The summed E-state index contributed by atoms with van der Waals surface area (Å²) in [6.07, 6.45) is 14.3. The molecule has 31 heavy (non-hydrogen) atoms. The number of aliphatic imine (C=N–C) groups is 1. The summed E-state index contributed by atoms with van der Waals surface area (Å²) in [6, 6.07) is 3.55. The van der Waals surface area contributed by atoms with Gasteiger partial charge in [0.2, 0.25) is 0 Å². The van der Waals surface area contributed by atoms with Gasteiger partial charge in [-0.25, -0.2) is 4.99 Å². The van der Waals surface area contributed by atoms with E-state index >= 15 is 0 Å². The summed E-state index contributed by atoms with van der Waals surface area (Å²) < 4.78 is 0. The Balaban J connectivity index is 1.66. The van der Waals surface area contributed by atoms with Crippen LogP contribution >= 0.6 is 0 Å². The molecule has 1 saturated heterocycles. The Morgan fingerprint density at radius 1 is 1.32 bits per heavy atom. The van der Waals surface area contributed by atoms with E-state index in [1.807, 2.05) is 26.4 Å². The number of nitrogens with one attached hydrogen (secondary N) is 2. The lowest BCUT2D eigenvalue weighted by Crippen LogP contribution is -2.48. The number of aromatic nitrogens is 1. The van der Waals surface area contributed by atoms with Crippen molar-refractivity contribution in [1.82, 2.24) is 25.4 Å². The molecule has 166 valence electrons. The number of hydrogen-bond acceptors (Lipinski definition) is 5. The van der Waals surface area contributed by atoms with E-state index in [1.54, 1.807) is 30.7 Å². The molecule has 1 aliphatic carbocycles. The van der Waals surface area contributed by atoms with Gasteiger partial charge in [0, 0.05) is 69.9 Å². The average molecular weight is 423 g/mol. The molecule has 0 aromatic carbocycles. The fourth-order valence-electron chi connectivity index (χ4n) is 3.84. The molecule has 0 radical (unpaired) electrons. The standard InChI is InChI=1S/C24H34N6O/c1-4-20(21-7-8-21)16-23(18-28-24(31)22-6-5-9-26-17-22)30-14-12-29(13-15-30)19(2)27-11-10-25-3/h4-6,9-11,17-18,20-21,25H,1,7-8,12-16H2,2-3H3,(H,28,31)/b11-10-,23-18-,27-19?. The minimum atomic E-state index is -0.134. The highest BCUT2D eigenvalue weighted by molar-refractivity contribution is 5.94. The number of hydrogen-bond donors (Lipinski definition) is 2. The van der Waals surface area contributed by atoms with Crippen LogP contribution in [-0.2, 0) is 0 Å². The summed E-state index contributed by atoms with van der Waals surface area (Å²) in [7, 11) is 1.86. The fourth-order valence-corrected chi connectivity index (χ4v) is 3.84. The maximum Gasteiger partial charge on any atom is 0.256 e. The van der Waals surface area contributed by atoms with Gasteiger partial charge in [-0.15, -0.1) is 6.58 Å². The fraction of sp³-hybridized carbons (Fsp3) is 0.458. The topological polar surface area (TPSA) is 72.9 Å². The number of carbonyl (C=O) groups excluding carboxylic acids is 1. The average Bonchev–Trinajstić information content (AvgIpc) is 3.65. The smallest absolute Gasteiger partial charge is 0.256 e. The minimum Gasteiger partial charge on any atom is -0.393 e. The van der Waals surface area contributed by atoms with Crippen LogP contribution in [0.2, 0.25) is 0 Å². The summed E-state index contributed by atoms with van der Waals surface area (Å²) in [5, 5.41) is 5.94. The molecule has 2 N–H and O–H groups in total. The molecule has 2 fully saturated rings. The van der Waals surface area contributed by atoms with Crippen molar-refractivity contribution in [1.29, 1.82) is 0 Å². The van der Waals surface area contributed by atoms with Crippen molar-refractivity contribution in [3.05, 3.63) is 67.0 Å². The maximum absolute atomic E-state index is 12.5. The van der Waals surface area contributed by atoms with Gasteiger partial charge in [0.15, 0.2) is 0 Å². The quantitative estimate of drug-likeness (QED) is 0.364. The van der Waals surface area contributed by atoms with Crippen molar-refractivity contribution in [2.75, 3.05) is 33.2 Å². The minimum absolute atomic E-state index is 0.134. The van der Waals surface area contributed by atoms with Gasteiger partial charge in [-0.2, -0.15) is 0 Å². The van der Waals surface area contributed by atoms with E-state index in [0.29, 0.717) is 11.5 Å². The van der Waals surface area contributed by atoms with E-state index in [4.69, 9.17) is 0 Å². The zero-order valence-corrected chi connectivity index (χ0v) is 18.6. The molecule has 1 aromatic heterocycles. The number of amidine groups is 1. The molecular formula is C24H34N6O. The summed E-state index contributed by atoms with van der Waals surface area (Å²) in [5.74, 6) is 2.06. The molecule has 2 heterocycles. The van der Waals surface area contributed by atoms with Crippen LogP contribution in [0.3, 0.4) is 0 Å². The molecule has 7 heteroatoms. The second-order valence-electron chi connectivity index (χ2n) is 8.05. The highest BCUT2D eigenvalue weighted by atomic mass is 16.1. The first-order valence-corrected chi connectivity index (χ1v) is 11.0. The van der Waals surface area contributed by atoms with Crippen molar-refractivity contribution in [3.63, 3.8) is 0 Å². The molecule has 0 bridgehead atoms. The van der Waals surface area contributed by atoms with E-state index < -0.39 is 0 Å². The van der Waals surface area contributed by atoms with Gasteiger partial charge in [0.1, 0.15) is 5.84 Å². The van der Waals surface area contributed by atoms with E-state index in [0.717, 1.165) is 44.4 Å². The van der Waals surface area contributed by atoms with Crippen LogP contribution in [-0.4, -0.2) is 59.8 Å². The van der Waals surface area contributed by atoms with Gasteiger partial charge >= 0.3 is 0 Å². The molecule has 1 unspecified atom stereocenters. The molecule has 3 rings (SSSR count). The Labute approximate surface area is 185 Å². The molecule has 1 atom stereocenters. The predicted octanol–water partition coefficient (Wildman–Crippen LogP) is 2.98. The maximum atomic E-state index is 12.5. The third-order valence-electron chi connectivity index (χ3n) is 5.91. The third-order valence-corrected chi connectivity index (χ3v) is 5.91. The monoisotopic (exact) mass is 422 g/mol. The van der Waals surface area contributed by atoms with E-state index in [-0.39, 0.29) is 5.91 Å². The van der Waals surface area contributed by atoms with Crippen molar-refractivity contribution in [3.8, 4) is 0 Å². The largest absolute Gasteiger partial charge is 0.393 e. The first kappa shape index (κ1) is 22.6. The molecule has 1 saturated carbocycles. The van der Waals surface area contributed by atoms with Crippen molar-refractivity contribution in [2.24, 2.45) is 16.8 Å². The molecule has 7 nitrogen and oxygen atoms in total. The first-order chi connectivity index (χ1) is 15.1. The molecule has 1 aromatic rings. The molecule has 2 aliphatic rings. The Hall–Kier alpha value is -3.09. The summed E-state index contributed by atoms with van der Waals surface area (Å²) >= 11 is 0. The van der Waals surface area contributed by atoms with Crippen LogP contribution in [0.4, 0.5) is 0 Å². The summed E-state index contributed by atoms with van der Waals surface area (Å²) in [4.78, 5) is 25.7. The van der Waals surface area contributed by atoms with Gasteiger partial charge in [-0.05, 0) is 50.2 Å². The van der Waals surface area contributed by atoms with Crippen LogP contribution in [0.5, 0.6) is 0 Å². The highest BCUT2D eigenvalue weighted by Gasteiger charge is 2.31. The first-order valence-electron chi connectivity index (χ1n) is 11.0. The normalized spacial score (nSPS) is 18.8. The molecular weight excluding hydrogens is 388 g/mol. The Bertz CT molecular complexity index is 820. The lowest BCUT2D eigenvalue weighted by Gasteiger charge is -2.38. The second kappa shape index (κ2) is 11.3. The number of nitrogens with zero attached hydrogens (tertiary/aromatic N) is 4. The Morgan fingerprint density at radius 2 is 2.06 bits per heavy atom. The summed E-state index contributed by atoms with van der Waals surface area (Å²) in [5.41, 5.74) is 1.73. The second-order valence-corrected chi connectivity index (χ2v) is 8.05. The van der Waals surface area contributed by atoms with E-state index in [1.165, 1.54) is 18.5 Å². The Kier molecular flexibility index (Phi) is 8.27. The van der Waals surface area contributed by atoms with Crippen LogP contribution < -0.4 is 10.6 Å². The highest BCUT2D eigenvalue weighted by Crippen LogP contribution is 2.40. The molecule has 1 aliphatic heterocycles. The number of rotatable bonds is 9. The lowest BCUT2D eigenvalue weighted by molar-refractivity contribution is 0.0968. The molecule has 1 amide bonds. The number of piperazine rings is 1. The van der Waals surface area contributed by atoms with Gasteiger partial charge < -0.3 is 20.4 Å². The number of pyridine rings is 1. The van der Waals surface area contributed by atoms with Gasteiger partial charge in [0.25, 0.3) is 5.91 Å². The number of amides is 1. The predicted molar refractivity (Wildman–Crippen MR) is 125 cm³/mol. The van der Waals surface area contributed by atoms with Crippen molar-refractivity contribution >= 4 is 11.7 Å². The van der Waals surface area contributed by atoms with Crippen molar-refractivity contribution in [2.45, 2.75) is 26.2 Å². The molecule has 0 spiro atoms. The zero-order valence-electron chi connectivity index (χ0n) is 18.6. The summed E-state index contributed by atoms with van der Waals surface area (Å²) in [6.45, 7) is 9.69. The lowest BCUT2D eigenvalue weighted by atomic mass is 9.97. The van der Waals surface area contributed by atoms with Crippen LogP contribution in [0, 0.1) is 11.8 Å². The van der Waals surface area contributed by atoms with Gasteiger partial charge in [-0.1, -0.05) is 6.08 Å². The van der Waals surface area contributed by atoms with E-state index in [9.17, 15) is 4.79 Å². The SMILES string of the molecule is C=CC(C/C(=C/NC(=O)c1cccnc1)N1CCN(C(C)=N/C=C\NC)CC1)C1CC1. The van der Waals surface area contributed by atoms with Gasteiger partial charge in [-0.3, -0.25) is 9.78 Å². The zero-order chi connectivity index (χ0) is 22.1. The van der Waals surface area contributed by atoms with Gasteiger partial charge in [0.05, 0.1) is 5.56 Å². The van der Waals surface area contributed by atoms with Crippen LogP contribution in [0.15, 0.2) is 66.5 Å².